The Bertz CT molecular complexity index is 538. The number of carbonyl (C=O) groups excluding carboxylic acids is 1. The maximum absolute atomic E-state index is 11.7. The lowest BCUT2D eigenvalue weighted by molar-refractivity contribution is -0.146. The van der Waals surface area contributed by atoms with E-state index in [4.69, 9.17) is 10.5 Å². The van der Waals surface area contributed by atoms with E-state index in [2.05, 4.69) is 4.74 Å². The Morgan fingerprint density at radius 2 is 1.90 bits per heavy atom. The molecule has 1 aromatic carbocycles. The van der Waals surface area contributed by atoms with Crippen LogP contribution in [0.2, 0.25) is 0 Å². The van der Waals surface area contributed by atoms with Gasteiger partial charge in [0, 0.05) is 0 Å². The van der Waals surface area contributed by atoms with Gasteiger partial charge in [0.05, 0.1) is 30.4 Å². The van der Waals surface area contributed by atoms with Crippen molar-refractivity contribution in [2.75, 3.05) is 26.1 Å². The Balaban J connectivity index is 2.62. The normalized spacial score (nSPS) is 12.9. The minimum absolute atomic E-state index is 0.0562. The van der Waals surface area contributed by atoms with E-state index in [-0.39, 0.29) is 23.9 Å². The van der Waals surface area contributed by atoms with Gasteiger partial charge in [0.25, 0.3) is 0 Å². The molecule has 0 aromatic heterocycles. The smallest absolute Gasteiger partial charge is 0.331 e. The number of rotatable bonds is 7. The van der Waals surface area contributed by atoms with Crippen LogP contribution in [0, 0.1) is 0 Å². The summed E-state index contributed by atoms with van der Waals surface area (Å²) in [4.78, 5) is 11.1. The molecule has 0 bridgehead atoms. The van der Waals surface area contributed by atoms with Crippen molar-refractivity contribution >= 4 is 15.8 Å². The molecule has 1 aromatic rings. The maximum Gasteiger partial charge on any atom is 0.331 e. The molecule has 0 aliphatic heterocycles. The summed E-state index contributed by atoms with van der Waals surface area (Å²) in [6.07, 6.45) is 0. The fourth-order valence-corrected chi connectivity index (χ4v) is 2.40. The van der Waals surface area contributed by atoms with Crippen LogP contribution in [0.25, 0.3) is 0 Å². The van der Waals surface area contributed by atoms with Crippen molar-refractivity contribution in [3.63, 3.8) is 0 Å². The molecule has 0 saturated carbocycles. The maximum atomic E-state index is 11.7. The van der Waals surface area contributed by atoms with Crippen LogP contribution in [0.4, 0.5) is 0 Å². The van der Waals surface area contributed by atoms with Gasteiger partial charge < -0.3 is 15.2 Å². The minimum atomic E-state index is -3.21. The number of ether oxygens (including phenoxy) is 2. The predicted molar refractivity (Wildman–Crippen MR) is 73.9 cm³/mol. The highest BCUT2D eigenvalue weighted by molar-refractivity contribution is 7.91. The van der Waals surface area contributed by atoms with Crippen LogP contribution in [0.5, 0.6) is 0 Å². The molecule has 0 unspecified atom stereocenters. The fraction of sp³-hybridized carbons (Fsp3) is 0.462. The lowest BCUT2D eigenvalue weighted by Gasteiger charge is -2.12. The van der Waals surface area contributed by atoms with Gasteiger partial charge in [-0.15, -0.1) is 0 Å². The number of methoxy groups -OCH3 is 1. The van der Waals surface area contributed by atoms with Gasteiger partial charge in [-0.05, 0) is 17.7 Å². The summed E-state index contributed by atoms with van der Waals surface area (Å²) >= 11 is 0. The number of esters is 1. The van der Waals surface area contributed by atoms with Gasteiger partial charge >= 0.3 is 5.97 Å². The summed E-state index contributed by atoms with van der Waals surface area (Å²) < 4.78 is 32.8. The van der Waals surface area contributed by atoms with Gasteiger partial charge in [-0.1, -0.05) is 19.1 Å². The molecule has 0 spiro atoms. The van der Waals surface area contributed by atoms with Crippen LogP contribution >= 0.6 is 0 Å². The van der Waals surface area contributed by atoms with E-state index in [1.807, 2.05) is 0 Å². The van der Waals surface area contributed by atoms with E-state index < -0.39 is 21.8 Å². The third-order valence-corrected chi connectivity index (χ3v) is 4.54. The standard InChI is InChI=1S/C13H19NO5S/c1-3-20(16,17)11-6-4-10(5-7-11)12(14)8-19-9-13(15)18-2/h4-7,12H,3,8-9,14H2,1-2H3/t12-/m0/s1. The van der Waals surface area contributed by atoms with Crippen LogP contribution in [0.3, 0.4) is 0 Å². The predicted octanol–water partition coefficient (Wildman–Crippen LogP) is 0.670. The highest BCUT2D eigenvalue weighted by Crippen LogP contribution is 2.16. The molecule has 0 amide bonds. The topological polar surface area (TPSA) is 95.7 Å². The number of nitrogens with two attached hydrogens (primary N) is 1. The minimum Gasteiger partial charge on any atom is -0.467 e. The van der Waals surface area contributed by atoms with E-state index in [1.165, 1.54) is 19.2 Å². The summed E-state index contributed by atoms with van der Waals surface area (Å²) in [7, 11) is -1.93. The third kappa shape index (κ3) is 4.59. The molecule has 6 nitrogen and oxygen atoms in total. The first-order chi connectivity index (χ1) is 9.40. The van der Waals surface area contributed by atoms with Crippen molar-refractivity contribution < 1.29 is 22.7 Å². The van der Waals surface area contributed by atoms with E-state index in [1.54, 1.807) is 19.1 Å². The molecule has 2 N–H and O–H groups in total. The largest absolute Gasteiger partial charge is 0.467 e. The van der Waals surface area contributed by atoms with Crippen LogP contribution in [0.15, 0.2) is 29.2 Å². The Morgan fingerprint density at radius 3 is 2.40 bits per heavy atom. The Kier molecular flexibility index (Phi) is 6.12. The molecule has 0 aliphatic rings. The van der Waals surface area contributed by atoms with E-state index in [0.717, 1.165) is 5.56 Å². The highest BCUT2D eigenvalue weighted by Gasteiger charge is 2.13. The van der Waals surface area contributed by atoms with E-state index >= 15 is 0 Å². The summed E-state index contributed by atoms with van der Waals surface area (Å²) in [5.41, 5.74) is 6.63. The second-order valence-corrected chi connectivity index (χ2v) is 6.45. The van der Waals surface area contributed by atoms with Crippen molar-refractivity contribution in [1.29, 1.82) is 0 Å². The van der Waals surface area contributed by atoms with E-state index in [9.17, 15) is 13.2 Å². The summed E-state index contributed by atoms with van der Waals surface area (Å²) in [5, 5.41) is 0. The van der Waals surface area contributed by atoms with Crippen molar-refractivity contribution in [2.24, 2.45) is 5.73 Å². The molecule has 112 valence electrons. The Morgan fingerprint density at radius 1 is 1.30 bits per heavy atom. The third-order valence-electron chi connectivity index (χ3n) is 2.79. The fourth-order valence-electron chi connectivity index (χ4n) is 1.51. The average molecular weight is 301 g/mol. The van der Waals surface area contributed by atoms with Gasteiger partial charge in [-0.2, -0.15) is 0 Å². The molecule has 1 rings (SSSR count). The van der Waals surface area contributed by atoms with Gasteiger partial charge in [0.2, 0.25) is 0 Å². The van der Waals surface area contributed by atoms with Gasteiger partial charge in [0.1, 0.15) is 6.61 Å². The van der Waals surface area contributed by atoms with Crippen LogP contribution in [0.1, 0.15) is 18.5 Å². The average Bonchev–Trinajstić information content (AvgIpc) is 2.47. The van der Waals surface area contributed by atoms with Crippen molar-refractivity contribution in [3.8, 4) is 0 Å². The molecule has 0 aliphatic carbocycles. The van der Waals surface area contributed by atoms with Crippen LogP contribution in [-0.4, -0.2) is 40.5 Å². The first-order valence-corrected chi connectivity index (χ1v) is 7.78. The molecule has 0 heterocycles. The number of carbonyl (C=O) groups is 1. The summed E-state index contributed by atoms with van der Waals surface area (Å²) in [6.45, 7) is 1.58. The molecular formula is C13H19NO5S. The quantitative estimate of drug-likeness (QED) is 0.744. The lowest BCUT2D eigenvalue weighted by Crippen LogP contribution is -2.20. The van der Waals surface area contributed by atoms with Gasteiger partial charge in [-0.3, -0.25) is 0 Å². The number of benzene rings is 1. The molecular weight excluding hydrogens is 282 g/mol. The molecule has 20 heavy (non-hydrogen) atoms. The van der Waals surface area contributed by atoms with Crippen LogP contribution in [-0.2, 0) is 24.1 Å². The Labute approximate surface area is 118 Å². The zero-order valence-corrected chi connectivity index (χ0v) is 12.4. The first-order valence-electron chi connectivity index (χ1n) is 6.13. The van der Waals surface area contributed by atoms with Gasteiger partial charge in [0.15, 0.2) is 9.84 Å². The molecule has 0 radical (unpaired) electrons. The lowest BCUT2D eigenvalue weighted by atomic mass is 10.1. The second-order valence-electron chi connectivity index (χ2n) is 4.17. The number of hydrogen-bond donors (Lipinski definition) is 1. The van der Waals surface area contributed by atoms with Crippen molar-refractivity contribution in [3.05, 3.63) is 29.8 Å². The summed E-state index contributed by atoms with van der Waals surface area (Å²) in [5.74, 6) is -0.415. The van der Waals surface area contributed by atoms with Crippen molar-refractivity contribution in [1.82, 2.24) is 0 Å². The highest BCUT2D eigenvalue weighted by atomic mass is 32.2. The number of hydrogen-bond acceptors (Lipinski definition) is 6. The first kappa shape index (κ1) is 16.6. The molecule has 7 heteroatoms. The molecule has 0 fully saturated rings. The second kappa shape index (κ2) is 7.37. The van der Waals surface area contributed by atoms with Gasteiger partial charge in [-0.25, -0.2) is 13.2 Å². The molecule has 0 saturated heterocycles. The SMILES string of the molecule is CCS(=O)(=O)c1ccc([C@@H](N)COCC(=O)OC)cc1. The zero-order chi connectivity index (χ0) is 15.2. The monoisotopic (exact) mass is 301 g/mol. The summed E-state index contributed by atoms with van der Waals surface area (Å²) in [6, 6.07) is 5.91. The van der Waals surface area contributed by atoms with Crippen LogP contribution < -0.4 is 5.73 Å². The number of sulfone groups is 1. The van der Waals surface area contributed by atoms with Crippen molar-refractivity contribution in [2.45, 2.75) is 17.9 Å². The zero-order valence-electron chi connectivity index (χ0n) is 11.5. The van der Waals surface area contributed by atoms with E-state index in [0.29, 0.717) is 0 Å². The molecule has 1 atom stereocenters. The Hall–Kier alpha value is -1.44.